The standard InChI is InChI=1S/C24H17F2NO3/c25-22-15(11-12-21(28)23(22)26)6-5-13-27-24(29)30-14-20-18-9-3-1-7-16(18)17-8-2-4-10-19(17)20/h1-4,7-12,20,28H,13-14H2,(H,27,29). The first-order valence-corrected chi connectivity index (χ1v) is 9.31. The number of amides is 1. The van der Waals surface area contributed by atoms with Crippen molar-refractivity contribution in [2.45, 2.75) is 5.92 Å². The fourth-order valence-corrected chi connectivity index (χ4v) is 3.54. The molecule has 4 rings (SSSR count). The number of rotatable bonds is 3. The normalized spacial score (nSPS) is 11.8. The average molecular weight is 405 g/mol. The minimum atomic E-state index is -1.36. The SMILES string of the molecule is O=C(NCC#Cc1ccc(O)c(F)c1F)OCC1c2ccccc2-c2ccccc21. The molecule has 0 heterocycles. The van der Waals surface area contributed by atoms with Crippen LogP contribution in [0.1, 0.15) is 22.6 Å². The molecule has 3 aromatic rings. The lowest BCUT2D eigenvalue weighted by molar-refractivity contribution is 0.144. The van der Waals surface area contributed by atoms with Crippen LogP contribution in [0.3, 0.4) is 0 Å². The Balaban J connectivity index is 1.36. The van der Waals surface area contributed by atoms with E-state index >= 15 is 0 Å². The van der Waals surface area contributed by atoms with Crippen molar-refractivity contribution in [1.82, 2.24) is 5.32 Å². The zero-order valence-corrected chi connectivity index (χ0v) is 15.8. The van der Waals surface area contributed by atoms with E-state index < -0.39 is 23.5 Å². The van der Waals surface area contributed by atoms with Gasteiger partial charge in [0, 0.05) is 5.92 Å². The van der Waals surface area contributed by atoms with Gasteiger partial charge in [-0.05, 0) is 34.4 Å². The first-order valence-electron chi connectivity index (χ1n) is 9.31. The number of ether oxygens (including phenoxy) is 1. The first kappa shape index (κ1) is 19.5. The molecule has 0 fully saturated rings. The highest BCUT2D eigenvalue weighted by Gasteiger charge is 2.28. The van der Waals surface area contributed by atoms with Gasteiger partial charge in [0.05, 0.1) is 12.1 Å². The Bertz CT molecular complexity index is 1140. The number of carbonyl (C=O) groups excluding carboxylic acids is 1. The van der Waals surface area contributed by atoms with Crippen LogP contribution < -0.4 is 5.32 Å². The molecular formula is C24H17F2NO3. The number of halogens is 2. The van der Waals surface area contributed by atoms with E-state index in [1.54, 1.807) is 0 Å². The molecule has 1 aliphatic carbocycles. The zero-order valence-electron chi connectivity index (χ0n) is 15.8. The van der Waals surface area contributed by atoms with Gasteiger partial charge in [-0.15, -0.1) is 0 Å². The van der Waals surface area contributed by atoms with Crippen molar-refractivity contribution in [3.63, 3.8) is 0 Å². The Morgan fingerprint density at radius 3 is 2.27 bits per heavy atom. The molecule has 0 spiro atoms. The highest BCUT2D eigenvalue weighted by Crippen LogP contribution is 2.44. The maximum Gasteiger partial charge on any atom is 0.407 e. The lowest BCUT2D eigenvalue weighted by atomic mass is 9.98. The molecule has 0 unspecified atom stereocenters. The summed E-state index contributed by atoms with van der Waals surface area (Å²) in [6, 6.07) is 18.2. The molecule has 30 heavy (non-hydrogen) atoms. The highest BCUT2D eigenvalue weighted by molar-refractivity contribution is 5.79. The van der Waals surface area contributed by atoms with Gasteiger partial charge in [-0.1, -0.05) is 60.4 Å². The summed E-state index contributed by atoms with van der Waals surface area (Å²) in [6.07, 6.45) is -0.650. The number of phenolic OH excluding ortho intramolecular Hbond substituents is 1. The van der Waals surface area contributed by atoms with Gasteiger partial charge < -0.3 is 15.2 Å². The maximum absolute atomic E-state index is 13.6. The summed E-state index contributed by atoms with van der Waals surface area (Å²) >= 11 is 0. The second-order valence-corrected chi connectivity index (χ2v) is 6.74. The highest BCUT2D eigenvalue weighted by atomic mass is 19.2. The van der Waals surface area contributed by atoms with Gasteiger partial charge in [-0.3, -0.25) is 0 Å². The molecule has 4 nitrogen and oxygen atoms in total. The van der Waals surface area contributed by atoms with Gasteiger partial charge in [0.2, 0.25) is 5.82 Å². The van der Waals surface area contributed by atoms with Gasteiger partial charge in [0.1, 0.15) is 6.61 Å². The van der Waals surface area contributed by atoms with Gasteiger partial charge in [-0.25, -0.2) is 9.18 Å². The number of alkyl carbamates (subject to hydrolysis) is 1. The van der Waals surface area contributed by atoms with Crippen molar-refractivity contribution < 1.29 is 23.4 Å². The first-order chi connectivity index (χ1) is 14.6. The number of fused-ring (bicyclic) bond motifs is 3. The number of aromatic hydroxyl groups is 1. The number of nitrogens with one attached hydrogen (secondary N) is 1. The van der Waals surface area contributed by atoms with E-state index in [4.69, 9.17) is 9.84 Å². The van der Waals surface area contributed by atoms with Gasteiger partial charge in [0.15, 0.2) is 11.6 Å². The number of carbonyl (C=O) groups is 1. The molecule has 0 aliphatic heterocycles. The monoisotopic (exact) mass is 405 g/mol. The fourth-order valence-electron chi connectivity index (χ4n) is 3.54. The van der Waals surface area contributed by atoms with Crippen LogP contribution in [0.15, 0.2) is 60.7 Å². The molecule has 0 bridgehead atoms. The molecule has 0 saturated carbocycles. The Kier molecular flexibility index (Phi) is 5.36. The van der Waals surface area contributed by atoms with Crippen molar-refractivity contribution in [1.29, 1.82) is 0 Å². The smallest absolute Gasteiger partial charge is 0.407 e. The van der Waals surface area contributed by atoms with Gasteiger partial charge in [0.25, 0.3) is 0 Å². The Labute approximate surface area is 172 Å². The van der Waals surface area contributed by atoms with Gasteiger partial charge in [-0.2, -0.15) is 4.39 Å². The zero-order chi connectivity index (χ0) is 21.1. The van der Waals surface area contributed by atoms with Crippen LogP contribution >= 0.6 is 0 Å². The Morgan fingerprint density at radius 2 is 1.60 bits per heavy atom. The lowest BCUT2D eigenvalue weighted by Crippen LogP contribution is -2.26. The van der Waals surface area contributed by atoms with Crippen LogP contribution in [-0.4, -0.2) is 24.4 Å². The predicted molar refractivity (Wildman–Crippen MR) is 108 cm³/mol. The molecule has 2 N–H and O–H groups in total. The summed E-state index contributed by atoms with van der Waals surface area (Å²) in [5.41, 5.74) is 4.28. The Hall–Kier alpha value is -3.85. The topological polar surface area (TPSA) is 58.6 Å². The van der Waals surface area contributed by atoms with E-state index in [1.165, 1.54) is 0 Å². The molecule has 150 valence electrons. The second kappa shape index (κ2) is 8.26. The number of phenols is 1. The third kappa shape index (κ3) is 3.70. The van der Waals surface area contributed by atoms with E-state index in [2.05, 4.69) is 29.3 Å². The molecule has 0 radical (unpaired) electrons. The van der Waals surface area contributed by atoms with E-state index in [0.29, 0.717) is 0 Å². The van der Waals surface area contributed by atoms with Crippen molar-refractivity contribution in [2.75, 3.05) is 13.2 Å². The van der Waals surface area contributed by atoms with E-state index in [0.717, 1.165) is 34.4 Å². The van der Waals surface area contributed by atoms with Crippen LogP contribution in [0.2, 0.25) is 0 Å². The summed E-state index contributed by atoms with van der Waals surface area (Å²) in [4.78, 5) is 12.0. The molecule has 0 saturated heterocycles. The van der Waals surface area contributed by atoms with E-state index in [1.807, 2.05) is 36.4 Å². The molecule has 6 heteroatoms. The number of hydrogen-bond donors (Lipinski definition) is 2. The summed E-state index contributed by atoms with van der Waals surface area (Å²) in [5, 5.41) is 11.6. The molecule has 3 aromatic carbocycles. The molecule has 1 aliphatic rings. The van der Waals surface area contributed by atoms with E-state index in [-0.39, 0.29) is 24.6 Å². The van der Waals surface area contributed by atoms with Crippen molar-refractivity contribution >= 4 is 6.09 Å². The predicted octanol–water partition coefficient (Wildman–Crippen LogP) is 4.56. The average Bonchev–Trinajstić information content (AvgIpc) is 3.09. The largest absolute Gasteiger partial charge is 0.505 e. The second-order valence-electron chi connectivity index (χ2n) is 6.74. The number of hydrogen-bond acceptors (Lipinski definition) is 3. The molecule has 0 aromatic heterocycles. The third-order valence-electron chi connectivity index (χ3n) is 4.95. The van der Waals surface area contributed by atoms with Crippen LogP contribution in [-0.2, 0) is 4.74 Å². The fraction of sp³-hybridized carbons (Fsp3) is 0.125. The van der Waals surface area contributed by atoms with Crippen molar-refractivity contribution in [3.8, 4) is 28.7 Å². The number of benzene rings is 3. The summed E-state index contributed by atoms with van der Waals surface area (Å²) < 4.78 is 32.3. The summed E-state index contributed by atoms with van der Waals surface area (Å²) in [5.74, 6) is 1.52. The van der Waals surface area contributed by atoms with Crippen LogP contribution in [0.5, 0.6) is 5.75 Å². The maximum atomic E-state index is 13.6. The van der Waals surface area contributed by atoms with Crippen LogP contribution in [0, 0.1) is 23.5 Å². The molecule has 0 atom stereocenters. The summed E-state index contributed by atoms with van der Waals surface area (Å²) in [6.45, 7) is 0.0731. The minimum absolute atomic E-state index is 0.0525. The van der Waals surface area contributed by atoms with Crippen LogP contribution in [0.4, 0.5) is 13.6 Å². The van der Waals surface area contributed by atoms with Crippen LogP contribution in [0.25, 0.3) is 11.1 Å². The van der Waals surface area contributed by atoms with E-state index in [9.17, 15) is 13.6 Å². The third-order valence-corrected chi connectivity index (χ3v) is 4.95. The molecule has 1 amide bonds. The lowest BCUT2D eigenvalue weighted by Gasteiger charge is -2.14. The minimum Gasteiger partial charge on any atom is -0.505 e. The van der Waals surface area contributed by atoms with Gasteiger partial charge >= 0.3 is 6.09 Å². The Morgan fingerprint density at radius 1 is 0.967 bits per heavy atom. The molecular weight excluding hydrogens is 388 g/mol. The quantitative estimate of drug-likeness (QED) is 0.628. The van der Waals surface area contributed by atoms with Crippen molar-refractivity contribution in [3.05, 3.63) is 89.0 Å². The van der Waals surface area contributed by atoms with Crippen molar-refractivity contribution in [2.24, 2.45) is 0 Å². The summed E-state index contributed by atoms with van der Waals surface area (Å²) in [7, 11) is 0.